The lowest BCUT2D eigenvalue weighted by atomic mass is 10.0. The largest absolute Gasteiger partial charge is 0.756 e. The van der Waals surface area contributed by atoms with Gasteiger partial charge in [-0.3, -0.25) is 14.2 Å². The average Bonchev–Trinajstić information content (AvgIpc) is 3.36. The van der Waals surface area contributed by atoms with Gasteiger partial charge in [-0.15, -0.1) is 0 Å². The molecule has 0 bridgehead atoms. The van der Waals surface area contributed by atoms with E-state index in [1.165, 1.54) is 57.8 Å². The Labute approximate surface area is 453 Å². The van der Waals surface area contributed by atoms with Gasteiger partial charge in [0, 0.05) is 12.8 Å². The smallest absolute Gasteiger partial charge is 0.306 e. The van der Waals surface area contributed by atoms with E-state index in [2.05, 4.69) is 148 Å². The van der Waals surface area contributed by atoms with Gasteiger partial charge in [0.05, 0.1) is 27.7 Å². The zero-order valence-corrected chi connectivity index (χ0v) is 48.4. The topological polar surface area (TPSA) is 111 Å². The van der Waals surface area contributed by atoms with E-state index in [1.807, 2.05) is 21.1 Å². The Hall–Kier alpha value is -3.85. The van der Waals surface area contributed by atoms with E-state index >= 15 is 0 Å². The summed E-state index contributed by atoms with van der Waals surface area (Å²) < 4.78 is 34.1. The van der Waals surface area contributed by atoms with Crippen molar-refractivity contribution in [3.8, 4) is 0 Å². The number of carbonyl (C=O) groups excluding carboxylic acids is 2. The highest BCUT2D eigenvalue weighted by Crippen LogP contribution is 2.38. The van der Waals surface area contributed by atoms with Gasteiger partial charge in [0.25, 0.3) is 7.82 Å². The van der Waals surface area contributed by atoms with E-state index in [9.17, 15) is 19.0 Å². The molecule has 0 aliphatic carbocycles. The lowest BCUT2D eigenvalue weighted by molar-refractivity contribution is -0.870. The van der Waals surface area contributed by atoms with Gasteiger partial charge in [0.2, 0.25) is 0 Å². The van der Waals surface area contributed by atoms with Gasteiger partial charge < -0.3 is 27.9 Å². The van der Waals surface area contributed by atoms with Crippen molar-refractivity contribution in [3.05, 3.63) is 134 Å². The number of quaternary nitrogens is 1. The number of unbranched alkanes of at least 4 members (excludes halogenated alkanes) is 15. The van der Waals surface area contributed by atoms with Crippen molar-refractivity contribution in [2.75, 3.05) is 47.5 Å². The van der Waals surface area contributed by atoms with Crippen molar-refractivity contribution >= 4 is 19.8 Å². The minimum Gasteiger partial charge on any atom is -0.756 e. The second-order valence-corrected chi connectivity index (χ2v) is 21.3. The summed E-state index contributed by atoms with van der Waals surface area (Å²) in [5.74, 6) is -0.883. The van der Waals surface area contributed by atoms with Crippen LogP contribution in [0, 0.1) is 0 Å². The molecule has 0 aromatic heterocycles. The van der Waals surface area contributed by atoms with Crippen LogP contribution in [0.15, 0.2) is 134 Å². The molecule has 0 amide bonds. The van der Waals surface area contributed by atoms with Crippen LogP contribution in [0.3, 0.4) is 0 Å². The van der Waals surface area contributed by atoms with E-state index in [0.29, 0.717) is 23.9 Å². The Balaban J connectivity index is 4.28. The number of hydrogen-bond acceptors (Lipinski definition) is 8. The number of phosphoric ester groups is 1. The first-order valence-electron chi connectivity index (χ1n) is 28.9. The molecule has 0 aliphatic rings. The van der Waals surface area contributed by atoms with Gasteiger partial charge in [-0.2, -0.15) is 0 Å². The van der Waals surface area contributed by atoms with Gasteiger partial charge in [0.15, 0.2) is 6.10 Å². The van der Waals surface area contributed by atoms with E-state index < -0.39 is 32.5 Å². The zero-order chi connectivity index (χ0) is 54.2. The van der Waals surface area contributed by atoms with Crippen LogP contribution in [0.1, 0.15) is 206 Å². The Bertz CT molecular complexity index is 1710. The fraction of sp³-hybridized carbons (Fsp3) is 0.625. The van der Waals surface area contributed by atoms with Crippen LogP contribution in [0.5, 0.6) is 0 Å². The monoisotopic (exact) mass is 1050 g/mol. The zero-order valence-electron chi connectivity index (χ0n) is 47.5. The number of allylic oxidation sites excluding steroid dienone is 22. The molecule has 9 nitrogen and oxygen atoms in total. The maximum absolute atomic E-state index is 12.8. The second-order valence-electron chi connectivity index (χ2n) is 19.9. The molecule has 0 heterocycles. The highest BCUT2D eigenvalue weighted by Gasteiger charge is 2.21. The molecule has 420 valence electrons. The lowest BCUT2D eigenvalue weighted by Gasteiger charge is -2.28. The average molecular weight is 1050 g/mol. The van der Waals surface area contributed by atoms with Crippen molar-refractivity contribution in [2.24, 2.45) is 0 Å². The predicted octanol–water partition coefficient (Wildman–Crippen LogP) is 17.5. The van der Waals surface area contributed by atoms with E-state index in [0.717, 1.165) is 109 Å². The van der Waals surface area contributed by atoms with E-state index in [1.54, 1.807) is 0 Å². The van der Waals surface area contributed by atoms with Crippen LogP contribution in [0.25, 0.3) is 0 Å². The lowest BCUT2D eigenvalue weighted by Crippen LogP contribution is -2.37. The molecule has 2 atom stereocenters. The SMILES string of the molecule is CC/C=C\C/C=C\C/C=C\C/C=C\C/C=C\C/C=C\C/C=C\CCCCCC(=O)OC(COC(=O)CCCCCCCCCCCCCC/C=C\C/C=C\C/C=C\C/C=C\CC)COP(=O)([O-])OCC[N+](C)(C)C. The van der Waals surface area contributed by atoms with Crippen molar-refractivity contribution < 1.29 is 42.1 Å². The van der Waals surface area contributed by atoms with E-state index in [-0.39, 0.29) is 26.1 Å². The van der Waals surface area contributed by atoms with Gasteiger partial charge in [0.1, 0.15) is 19.8 Å². The number of phosphoric acid groups is 1. The molecular formula is C64H106NO8P. The van der Waals surface area contributed by atoms with Crippen molar-refractivity contribution in [1.29, 1.82) is 0 Å². The molecule has 0 spiro atoms. The molecule has 0 radical (unpaired) electrons. The van der Waals surface area contributed by atoms with Crippen molar-refractivity contribution in [3.63, 3.8) is 0 Å². The number of esters is 2. The summed E-state index contributed by atoms with van der Waals surface area (Å²) in [4.78, 5) is 37.9. The molecule has 0 rings (SSSR count). The Morgan fingerprint density at radius 1 is 0.419 bits per heavy atom. The number of rotatable bonds is 51. The number of nitrogens with zero attached hydrogens (tertiary/aromatic N) is 1. The molecule has 10 heteroatoms. The van der Waals surface area contributed by atoms with Crippen LogP contribution >= 0.6 is 7.82 Å². The fourth-order valence-corrected chi connectivity index (χ4v) is 8.00. The quantitative estimate of drug-likeness (QED) is 0.0195. The summed E-state index contributed by atoms with van der Waals surface area (Å²) in [6.45, 7) is 3.95. The minimum absolute atomic E-state index is 0.0456. The highest BCUT2D eigenvalue weighted by atomic mass is 31.2. The van der Waals surface area contributed by atoms with Gasteiger partial charge in [-0.1, -0.05) is 218 Å². The molecule has 0 fully saturated rings. The summed E-state index contributed by atoms with van der Waals surface area (Å²) in [5.41, 5.74) is 0. The van der Waals surface area contributed by atoms with Gasteiger partial charge >= 0.3 is 11.9 Å². The van der Waals surface area contributed by atoms with Crippen molar-refractivity contribution in [1.82, 2.24) is 0 Å². The van der Waals surface area contributed by atoms with E-state index in [4.69, 9.17) is 18.5 Å². The third kappa shape index (κ3) is 57.4. The first-order valence-corrected chi connectivity index (χ1v) is 30.4. The highest BCUT2D eigenvalue weighted by molar-refractivity contribution is 7.45. The standard InChI is InChI=1S/C64H106NO8P/c1-6-8-10-12-14-16-18-20-22-24-26-28-30-32-34-36-38-40-42-44-46-48-50-52-54-56-63(66)70-60-62(61-72-74(68,69)71-59-58-65(3,4)5)73-64(67)57-55-53-51-49-47-45-43-41-39-37-35-33-31-29-27-25-23-21-19-17-15-13-11-9-7-2/h8-11,14-17,20-23,26-29,33,35,39,41,45,47,62H,6-7,12-13,18-19,24-25,30-32,34,36-38,40,42-44,46,48-61H2,1-5H3/b10-8-,11-9-,16-14-,17-15-,22-20-,23-21-,28-26-,29-27-,35-33-,41-39-,47-45-. The number of ether oxygens (including phenoxy) is 2. The molecule has 0 aliphatic heterocycles. The molecule has 2 unspecified atom stereocenters. The molecule has 0 aromatic rings. The molecule has 0 aromatic carbocycles. The van der Waals surface area contributed by atoms with Crippen LogP contribution in [-0.2, 0) is 32.7 Å². The Morgan fingerprint density at radius 2 is 0.730 bits per heavy atom. The Morgan fingerprint density at radius 3 is 1.09 bits per heavy atom. The molecule has 0 N–H and O–H groups in total. The third-order valence-electron chi connectivity index (χ3n) is 11.7. The third-order valence-corrected chi connectivity index (χ3v) is 12.6. The summed E-state index contributed by atoms with van der Waals surface area (Å²) in [7, 11) is 1.12. The first-order chi connectivity index (χ1) is 36.0. The molecular weight excluding hydrogens is 942 g/mol. The predicted molar refractivity (Wildman–Crippen MR) is 314 cm³/mol. The summed E-state index contributed by atoms with van der Waals surface area (Å²) in [6, 6.07) is 0. The number of carbonyl (C=O) groups is 2. The normalized spacial score (nSPS) is 14.3. The van der Waals surface area contributed by atoms with Gasteiger partial charge in [-0.25, -0.2) is 0 Å². The number of likely N-dealkylation sites (N-methyl/N-ethyl adjacent to an activating group) is 1. The van der Waals surface area contributed by atoms with Gasteiger partial charge in [-0.05, 0) is 109 Å². The summed E-state index contributed by atoms with van der Waals surface area (Å²) >= 11 is 0. The molecule has 0 saturated heterocycles. The maximum atomic E-state index is 12.8. The minimum atomic E-state index is -4.66. The van der Waals surface area contributed by atoms with Crippen LogP contribution in [-0.4, -0.2) is 70.0 Å². The molecule has 0 saturated carbocycles. The van der Waals surface area contributed by atoms with Crippen LogP contribution in [0.4, 0.5) is 0 Å². The fourth-order valence-electron chi connectivity index (χ4n) is 7.27. The first kappa shape index (κ1) is 70.1. The number of hydrogen-bond donors (Lipinski definition) is 0. The van der Waals surface area contributed by atoms with Crippen LogP contribution < -0.4 is 4.89 Å². The van der Waals surface area contributed by atoms with Crippen molar-refractivity contribution in [2.45, 2.75) is 213 Å². The second kappa shape index (κ2) is 54.0. The summed E-state index contributed by atoms with van der Waals surface area (Å²) in [5, 5.41) is 0. The summed E-state index contributed by atoms with van der Waals surface area (Å²) in [6.07, 6.45) is 77.8. The molecule has 74 heavy (non-hydrogen) atoms. The van der Waals surface area contributed by atoms with Crippen LogP contribution in [0.2, 0.25) is 0 Å². The Kier molecular flexibility index (Phi) is 51.2. The maximum Gasteiger partial charge on any atom is 0.306 e.